The Hall–Kier alpha value is -1.81. The van der Waals surface area contributed by atoms with E-state index in [0.717, 1.165) is 48.5 Å². The highest BCUT2D eigenvalue weighted by Crippen LogP contribution is 2.35. The summed E-state index contributed by atoms with van der Waals surface area (Å²) in [5.41, 5.74) is 2.17. The summed E-state index contributed by atoms with van der Waals surface area (Å²) in [6.07, 6.45) is 6.24. The van der Waals surface area contributed by atoms with Crippen molar-refractivity contribution in [2.75, 3.05) is 0 Å². The van der Waals surface area contributed by atoms with Crippen molar-refractivity contribution in [3.05, 3.63) is 47.5 Å². The number of hydrogen-bond donors (Lipinski definition) is 1. The van der Waals surface area contributed by atoms with Gasteiger partial charge in [0.25, 0.3) is 0 Å². The van der Waals surface area contributed by atoms with Crippen molar-refractivity contribution in [3.8, 4) is 5.75 Å². The van der Waals surface area contributed by atoms with Crippen molar-refractivity contribution in [1.82, 2.24) is 9.55 Å². The zero-order valence-electron chi connectivity index (χ0n) is 11.7. The van der Waals surface area contributed by atoms with E-state index in [1.165, 1.54) is 0 Å². The summed E-state index contributed by atoms with van der Waals surface area (Å²) in [6, 6.07) is 5.93. The zero-order chi connectivity index (χ0) is 13.9. The zero-order valence-corrected chi connectivity index (χ0v) is 11.7. The van der Waals surface area contributed by atoms with Gasteiger partial charge in [0.15, 0.2) is 0 Å². The summed E-state index contributed by atoms with van der Waals surface area (Å²) in [5, 5.41) is 10.0. The second kappa shape index (κ2) is 5.67. The molecule has 20 heavy (non-hydrogen) atoms. The maximum absolute atomic E-state index is 10.0. The molecule has 0 bridgehead atoms. The van der Waals surface area contributed by atoms with E-state index in [1.54, 1.807) is 6.20 Å². The molecule has 1 atom stereocenters. The molecule has 1 unspecified atom stereocenters. The van der Waals surface area contributed by atoms with Crippen molar-refractivity contribution in [3.63, 3.8) is 0 Å². The molecule has 4 nitrogen and oxygen atoms in total. The molecule has 0 aliphatic heterocycles. The Balaban J connectivity index is 1.80. The Labute approximate surface area is 119 Å². The molecule has 1 heterocycles. The Kier molecular flexibility index (Phi) is 3.74. The third-order valence-corrected chi connectivity index (χ3v) is 3.93. The molecule has 0 fully saturated rings. The molecule has 2 aromatic rings. The standard InChI is InChI=1S/C16H20N2O2/c1-2-18-10-9-17-16(18)11-20-15-8-4-5-12-13(15)6-3-7-14(12)19/h4-5,8-10,14,19H,2-3,6-7,11H2,1H3. The van der Waals surface area contributed by atoms with Crippen LogP contribution in [0, 0.1) is 0 Å². The summed E-state index contributed by atoms with van der Waals surface area (Å²) in [6.45, 7) is 3.45. The average Bonchev–Trinajstić information content (AvgIpc) is 2.93. The van der Waals surface area contributed by atoms with Crippen LogP contribution in [-0.2, 0) is 19.6 Å². The van der Waals surface area contributed by atoms with E-state index in [1.807, 2.05) is 24.4 Å². The van der Waals surface area contributed by atoms with Crippen LogP contribution < -0.4 is 4.74 Å². The van der Waals surface area contributed by atoms with Crippen LogP contribution in [0.5, 0.6) is 5.75 Å². The molecule has 1 aromatic carbocycles. The highest BCUT2D eigenvalue weighted by atomic mass is 16.5. The molecule has 3 rings (SSSR count). The lowest BCUT2D eigenvalue weighted by Crippen LogP contribution is -2.12. The minimum absolute atomic E-state index is 0.347. The number of fused-ring (bicyclic) bond motifs is 1. The summed E-state index contributed by atoms with van der Waals surface area (Å²) >= 11 is 0. The smallest absolute Gasteiger partial charge is 0.146 e. The van der Waals surface area contributed by atoms with Crippen LogP contribution in [0.15, 0.2) is 30.6 Å². The SMILES string of the molecule is CCn1ccnc1COc1cccc2c1CCCC2O. The quantitative estimate of drug-likeness (QED) is 0.931. The number of benzene rings is 1. The Bertz CT molecular complexity index is 592. The molecule has 1 aliphatic carbocycles. The number of hydrogen-bond acceptors (Lipinski definition) is 3. The maximum atomic E-state index is 10.0. The van der Waals surface area contributed by atoms with Crippen LogP contribution in [0.3, 0.4) is 0 Å². The number of aliphatic hydroxyl groups excluding tert-OH is 1. The number of aliphatic hydroxyl groups is 1. The minimum atomic E-state index is -0.347. The van der Waals surface area contributed by atoms with Gasteiger partial charge in [-0.15, -0.1) is 0 Å². The van der Waals surface area contributed by atoms with Gasteiger partial charge in [-0.1, -0.05) is 12.1 Å². The van der Waals surface area contributed by atoms with E-state index in [0.29, 0.717) is 6.61 Å². The molecule has 106 valence electrons. The van der Waals surface area contributed by atoms with E-state index in [2.05, 4.69) is 16.5 Å². The van der Waals surface area contributed by atoms with E-state index < -0.39 is 0 Å². The van der Waals surface area contributed by atoms with Crippen molar-refractivity contribution in [1.29, 1.82) is 0 Å². The first-order chi connectivity index (χ1) is 9.79. The number of imidazole rings is 1. The predicted molar refractivity (Wildman–Crippen MR) is 76.6 cm³/mol. The van der Waals surface area contributed by atoms with Gasteiger partial charge in [0.1, 0.15) is 18.2 Å². The van der Waals surface area contributed by atoms with Gasteiger partial charge in [0, 0.05) is 18.9 Å². The maximum Gasteiger partial charge on any atom is 0.146 e. The number of nitrogens with zero attached hydrogens (tertiary/aromatic N) is 2. The van der Waals surface area contributed by atoms with Crippen LogP contribution in [0.2, 0.25) is 0 Å². The van der Waals surface area contributed by atoms with Crippen LogP contribution in [0.1, 0.15) is 42.8 Å². The number of rotatable bonds is 4. The first-order valence-electron chi connectivity index (χ1n) is 7.22. The lowest BCUT2D eigenvalue weighted by Gasteiger charge is -2.23. The van der Waals surface area contributed by atoms with Gasteiger partial charge in [-0.3, -0.25) is 0 Å². The van der Waals surface area contributed by atoms with E-state index >= 15 is 0 Å². The Morgan fingerprint density at radius 1 is 1.45 bits per heavy atom. The first kappa shape index (κ1) is 13.2. The summed E-state index contributed by atoms with van der Waals surface area (Å²) < 4.78 is 8.02. The second-order valence-corrected chi connectivity index (χ2v) is 5.15. The van der Waals surface area contributed by atoms with Crippen molar-refractivity contribution < 1.29 is 9.84 Å². The van der Waals surface area contributed by atoms with Crippen LogP contribution in [-0.4, -0.2) is 14.7 Å². The van der Waals surface area contributed by atoms with E-state index in [4.69, 9.17) is 4.74 Å². The highest BCUT2D eigenvalue weighted by Gasteiger charge is 2.20. The van der Waals surface area contributed by atoms with Crippen LogP contribution >= 0.6 is 0 Å². The van der Waals surface area contributed by atoms with Gasteiger partial charge in [-0.2, -0.15) is 0 Å². The fourth-order valence-corrected chi connectivity index (χ4v) is 2.84. The third kappa shape index (κ3) is 2.43. The fraction of sp³-hybridized carbons (Fsp3) is 0.438. The molecule has 0 spiro atoms. The molecule has 0 radical (unpaired) electrons. The molecule has 0 amide bonds. The van der Waals surface area contributed by atoms with E-state index in [9.17, 15) is 5.11 Å². The molecule has 4 heteroatoms. The number of aryl methyl sites for hydroxylation is 1. The topological polar surface area (TPSA) is 47.3 Å². The summed E-state index contributed by atoms with van der Waals surface area (Å²) in [4.78, 5) is 4.32. The monoisotopic (exact) mass is 272 g/mol. The van der Waals surface area contributed by atoms with Crippen molar-refractivity contribution >= 4 is 0 Å². The molecular weight excluding hydrogens is 252 g/mol. The lowest BCUT2D eigenvalue weighted by atomic mass is 9.89. The molecule has 1 N–H and O–H groups in total. The molecule has 1 aliphatic rings. The highest BCUT2D eigenvalue weighted by molar-refractivity contribution is 5.42. The largest absolute Gasteiger partial charge is 0.485 e. The lowest BCUT2D eigenvalue weighted by molar-refractivity contribution is 0.155. The van der Waals surface area contributed by atoms with Gasteiger partial charge in [0.2, 0.25) is 0 Å². The van der Waals surface area contributed by atoms with Gasteiger partial charge in [0.05, 0.1) is 6.10 Å². The fourth-order valence-electron chi connectivity index (χ4n) is 2.84. The van der Waals surface area contributed by atoms with Gasteiger partial charge in [-0.05, 0) is 43.4 Å². The minimum Gasteiger partial charge on any atom is -0.485 e. The van der Waals surface area contributed by atoms with Gasteiger partial charge < -0.3 is 14.4 Å². The molecular formula is C16H20N2O2. The Morgan fingerprint density at radius 3 is 3.20 bits per heavy atom. The predicted octanol–water partition coefficient (Wildman–Crippen LogP) is 2.85. The average molecular weight is 272 g/mol. The Morgan fingerprint density at radius 2 is 2.35 bits per heavy atom. The third-order valence-electron chi connectivity index (χ3n) is 3.93. The summed E-state index contributed by atoms with van der Waals surface area (Å²) in [5.74, 6) is 1.81. The van der Waals surface area contributed by atoms with Crippen molar-refractivity contribution in [2.45, 2.75) is 45.4 Å². The number of ether oxygens (including phenoxy) is 1. The molecule has 0 saturated carbocycles. The van der Waals surface area contributed by atoms with Gasteiger partial charge in [-0.25, -0.2) is 4.98 Å². The second-order valence-electron chi connectivity index (χ2n) is 5.15. The van der Waals surface area contributed by atoms with Gasteiger partial charge >= 0.3 is 0 Å². The normalized spacial score (nSPS) is 17.8. The summed E-state index contributed by atoms with van der Waals surface area (Å²) in [7, 11) is 0. The van der Waals surface area contributed by atoms with E-state index in [-0.39, 0.29) is 6.10 Å². The van der Waals surface area contributed by atoms with Crippen molar-refractivity contribution in [2.24, 2.45) is 0 Å². The van der Waals surface area contributed by atoms with Crippen LogP contribution in [0.4, 0.5) is 0 Å². The first-order valence-corrected chi connectivity index (χ1v) is 7.22. The number of aromatic nitrogens is 2. The molecule has 0 saturated heterocycles. The molecule has 1 aromatic heterocycles. The van der Waals surface area contributed by atoms with Crippen LogP contribution in [0.25, 0.3) is 0 Å².